The summed E-state index contributed by atoms with van der Waals surface area (Å²) >= 11 is 0. The lowest BCUT2D eigenvalue weighted by Crippen LogP contribution is -2.28. The predicted molar refractivity (Wildman–Crippen MR) is 74.7 cm³/mol. The Morgan fingerprint density at radius 3 is 2.83 bits per heavy atom. The monoisotopic (exact) mass is 248 g/mol. The van der Waals surface area contributed by atoms with Crippen molar-refractivity contribution in [3.8, 4) is 0 Å². The van der Waals surface area contributed by atoms with Crippen molar-refractivity contribution in [2.45, 2.75) is 52.1 Å². The van der Waals surface area contributed by atoms with E-state index in [9.17, 15) is 0 Å². The Morgan fingerprint density at radius 2 is 2.17 bits per heavy atom. The van der Waals surface area contributed by atoms with Crippen LogP contribution in [0.3, 0.4) is 0 Å². The van der Waals surface area contributed by atoms with Crippen molar-refractivity contribution < 1.29 is 0 Å². The van der Waals surface area contributed by atoms with E-state index in [0.717, 1.165) is 31.1 Å². The molecule has 0 atom stereocenters. The molecule has 2 rings (SSSR count). The first-order valence-electron chi connectivity index (χ1n) is 7.13. The highest BCUT2D eigenvalue weighted by atomic mass is 15.2. The van der Waals surface area contributed by atoms with E-state index in [1.807, 2.05) is 12.4 Å². The van der Waals surface area contributed by atoms with Crippen LogP contribution in [0.2, 0.25) is 0 Å². The van der Waals surface area contributed by atoms with Gasteiger partial charge < -0.3 is 10.2 Å². The molecule has 0 radical (unpaired) electrons. The quantitative estimate of drug-likeness (QED) is 0.767. The lowest BCUT2D eigenvalue weighted by molar-refractivity contribution is 0.683. The number of hydrogen-bond acceptors (Lipinski definition) is 4. The Hall–Kier alpha value is -1.16. The number of hydrogen-bond donors (Lipinski definition) is 1. The van der Waals surface area contributed by atoms with E-state index in [1.54, 1.807) is 0 Å². The number of unbranched alkanes of at least 4 members (excludes halogenated alkanes) is 1. The fraction of sp³-hybridized carbons (Fsp3) is 0.714. The highest BCUT2D eigenvalue weighted by molar-refractivity contribution is 5.39. The van der Waals surface area contributed by atoms with Crippen LogP contribution in [-0.4, -0.2) is 29.1 Å². The SMILES string of the molecule is CCCCN(c1cncc(CNCC)n1)C1CC1. The van der Waals surface area contributed by atoms with Gasteiger partial charge in [0.15, 0.2) is 0 Å². The van der Waals surface area contributed by atoms with Gasteiger partial charge in [0.2, 0.25) is 0 Å². The average Bonchev–Trinajstić information content (AvgIpc) is 3.22. The molecule has 0 spiro atoms. The molecule has 1 aromatic heterocycles. The fourth-order valence-corrected chi connectivity index (χ4v) is 2.07. The third-order valence-corrected chi connectivity index (χ3v) is 3.26. The van der Waals surface area contributed by atoms with Crippen molar-refractivity contribution >= 4 is 5.82 Å². The molecular weight excluding hydrogens is 224 g/mol. The van der Waals surface area contributed by atoms with Gasteiger partial charge in [-0.2, -0.15) is 0 Å². The molecule has 1 heterocycles. The Bertz CT molecular complexity index is 363. The number of aromatic nitrogens is 2. The molecule has 0 aliphatic heterocycles. The molecule has 0 unspecified atom stereocenters. The molecule has 1 aliphatic rings. The van der Waals surface area contributed by atoms with E-state index in [2.05, 4.69) is 29.0 Å². The molecule has 4 nitrogen and oxygen atoms in total. The summed E-state index contributed by atoms with van der Waals surface area (Å²) in [4.78, 5) is 11.5. The van der Waals surface area contributed by atoms with Gasteiger partial charge in [0.05, 0.1) is 11.9 Å². The summed E-state index contributed by atoms with van der Waals surface area (Å²) < 4.78 is 0. The number of rotatable bonds is 8. The fourth-order valence-electron chi connectivity index (χ4n) is 2.07. The third-order valence-electron chi connectivity index (χ3n) is 3.26. The van der Waals surface area contributed by atoms with E-state index in [4.69, 9.17) is 4.98 Å². The zero-order valence-corrected chi connectivity index (χ0v) is 11.5. The molecule has 1 fully saturated rings. The van der Waals surface area contributed by atoms with Crippen LogP contribution in [0.25, 0.3) is 0 Å². The van der Waals surface area contributed by atoms with Crippen molar-refractivity contribution in [3.63, 3.8) is 0 Å². The topological polar surface area (TPSA) is 41.1 Å². The van der Waals surface area contributed by atoms with Gasteiger partial charge in [0.1, 0.15) is 5.82 Å². The summed E-state index contributed by atoms with van der Waals surface area (Å²) in [5.74, 6) is 1.06. The van der Waals surface area contributed by atoms with Crippen LogP contribution in [0.1, 0.15) is 45.2 Å². The smallest absolute Gasteiger partial charge is 0.147 e. The molecule has 18 heavy (non-hydrogen) atoms. The Labute approximate surface area is 110 Å². The van der Waals surface area contributed by atoms with E-state index in [1.165, 1.54) is 25.7 Å². The molecule has 1 N–H and O–H groups in total. The summed E-state index contributed by atoms with van der Waals surface area (Å²) in [6.07, 6.45) is 8.84. The van der Waals surface area contributed by atoms with Crippen LogP contribution in [0.5, 0.6) is 0 Å². The number of nitrogens with one attached hydrogen (secondary N) is 1. The summed E-state index contributed by atoms with van der Waals surface area (Å²) in [5.41, 5.74) is 1.04. The Balaban J connectivity index is 2.03. The van der Waals surface area contributed by atoms with Crippen LogP contribution in [0, 0.1) is 0 Å². The Morgan fingerprint density at radius 1 is 1.33 bits per heavy atom. The van der Waals surface area contributed by atoms with Gasteiger partial charge in [-0.3, -0.25) is 4.98 Å². The minimum absolute atomic E-state index is 0.709. The molecule has 0 saturated heterocycles. The van der Waals surface area contributed by atoms with Gasteiger partial charge in [-0.05, 0) is 25.8 Å². The van der Waals surface area contributed by atoms with Crippen molar-refractivity contribution in [1.29, 1.82) is 0 Å². The van der Waals surface area contributed by atoms with E-state index in [0.29, 0.717) is 6.04 Å². The summed E-state index contributed by atoms with van der Waals surface area (Å²) in [7, 11) is 0. The lowest BCUT2D eigenvalue weighted by Gasteiger charge is -2.23. The van der Waals surface area contributed by atoms with Gasteiger partial charge in [-0.1, -0.05) is 20.3 Å². The van der Waals surface area contributed by atoms with Crippen LogP contribution in [0.4, 0.5) is 5.82 Å². The molecule has 4 heteroatoms. The van der Waals surface area contributed by atoms with Crippen molar-refractivity contribution in [3.05, 3.63) is 18.1 Å². The second-order valence-electron chi connectivity index (χ2n) is 4.93. The van der Waals surface area contributed by atoms with Crippen LogP contribution in [0.15, 0.2) is 12.4 Å². The molecule has 0 bridgehead atoms. The molecule has 0 amide bonds. The van der Waals surface area contributed by atoms with Gasteiger partial charge in [0.25, 0.3) is 0 Å². The average molecular weight is 248 g/mol. The summed E-state index contributed by atoms with van der Waals surface area (Å²) in [6, 6.07) is 0.709. The number of nitrogens with zero attached hydrogens (tertiary/aromatic N) is 3. The van der Waals surface area contributed by atoms with Crippen molar-refractivity contribution in [2.75, 3.05) is 18.0 Å². The maximum absolute atomic E-state index is 4.73. The van der Waals surface area contributed by atoms with Crippen LogP contribution < -0.4 is 10.2 Å². The molecular formula is C14H24N4. The molecule has 100 valence electrons. The van der Waals surface area contributed by atoms with Crippen LogP contribution in [-0.2, 0) is 6.54 Å². The zero-order valence-electron chi connectivity index (χ0n) is 11.5. The molecule has 1 saturated carbocycles. The molecule has 1 aliphatic carbocycles. The standard InChI is InChI=1S/C14H24N4/c1-3-5-8-18(13-6-7-13)14-11-16-10-12(17-14)9-15-4-2/h10-11,13,15H,3-9H2,1-2H3. The zero-order chi connectivity index (χ0) is 12.8. The van der Waals surface area contributed by atoms with Gasteiger partial charge in [-0.25, -0.2) is 4.98 Å². The molecule has 0 aromatic carbocycles. The highest BCUT2D eigenvalue weighted by Crippen LogP contribution is 2.30. The maximum Gasteiger partial charge on any atom is 0.147 e. The summed E-state index contributed by atoms with van der Waals surface area (Å²) in [5, 5.41) is 3.30. The second-order valence-corrected chi connectivity index (χ2v) is 4.93. The highest BCUT2D eigenvalue weighted by Gasteiger charge is 2.29. The van der Waals surface area contributed by atoms with E-state index >= 15 is 0 Å². The first-order chi connectivity index (χ1) is 8.85. The third kappa shape index (κ3) is 3.67. The molecule has 1 aromatic rings. The first kappa shape index (κ1) is 13.3. The van der Waals surface area contributed by atoms with Crippen molar-refractivity contribution in [1.82, 2.24) is 15.3 Å². The van der Waals surface area contributed by atoms with Gasteiger partial charge in [0, 0.05) is 25.3 Å². The van der Waals surface area contributed by atoms with Crippen LogP contribution >= 0.6 is 0 Å². The number of anilines is 1. The maximum atomic E-state index is 4.73. The minimum atomic E-state index is 0.709. The minimum Gasteiger partial charge on any atom is -0.352 e. The summed E-state index contributed by atoms with van der Waals surface area (Å²) in [6.45, 7) is 7.23. The largest absolute Gasteiger partial charge is 0.352 e. The second kappa shape index (κ2) is 6.69. The van der Waals surface area contributed by atoms with E-state index in [-0.39, 0.29) is 0 Å². The predicted octanol–water partition coefficient (Wildman–Crippen LogP) is 2.36. The normalized spacial score (nSPS) is 14.8. The Kier molecular flexibility index (Phi) is 4.93. The van der Waals surface area contributed by atoms with E-state index < -0.39 is 0 Å². The first-order valence-corrected chi connectivity index (χ1v) is 7.13. The van der Waals surface area contributed by atoms with Crippen molar-refractivity contribution in [2.24, 2.45) is 0 Å². The van der Waals surface area contributed by atoms with Gasteiger partial charge >= 0.3 is 0 Å². The lowest BCUT2D eigenvalue weighted by atomic mass is 10.3. The van der Waals surface area contributed by atoms with Gasteiger partial charge in [-0.15, -0.1) is 0 Å².